The van der Waals surface area contributed by atoms with Crippen molar-refractivity contribution in [1.29, 1.82) is 5.26 Å². The van der Waals surface area contributed by atoms with Crippen LogP contribution in [0.3, 0.4) is 0 Å². The van der Waals surface area contributed by atoms with Gasteiger partial charge in [0.15, 0.2) is 0 Å². The fourth-order valence-electron chi connectivity index (χ4n) is 3.49. The Morgan fingerprint density at radius 2 is 1.47 bits per heavy atom. The van der Waals surface area contributed by atoms with E-state index in [2.05, 4.69) is 37.2 Å². The molecule has 6 nitrogen and oxygen atoms in total. The molecule has 0 atom stereocenters. The largest absolute Gasteiger partial charge is 2.00 e. The third-order valence-corrected chi connectivity index (χ3v) is 5.40. The van der Waals surface area contributed by atoms with Gasteiger partial charge in [-0.1, -0.05) is 50.4 Å². The van der Waals surface area contributed by atoms with Crippen molar-refractivity contribution in [1.82, 2.24) is 19.1 Å². The zero-order chi connectivity index (χ0) is 22.2. The van der Waals surface area contributed by atoms with Gasteiger partial charge in [0, 0.05) is 28.7 Å². The molecule has 32 heavy (non-hydrogen) atoms. The van der Waals surface area contributed by atoms with E-state index in [1.165, 1.54) is 0 Å². The summed E-state index contributed by atoms with van der Waals surface area (Å²) in [5, 5.41) is 9.48. The number of nitrogens with zero attached hydrogens (tertiary/aromatic N) is 6. The molecule has 0 saturated carbocycles. The average molecular weight is 511 g/mol. The molecule has 160 valence electrons. The molecule has 0 fully saturated rings. The van der Waals surface area contributed by atoms with Crippen LogP contribution in [0, 0.1) is 44.1 Å². The van der Waals surface area contributed by atoms with Gasteiger partial charge in [-0.3, -0.25) is 14.5 Å². The molecule has 4 heterocycles. The first-order valence-corrected chi connectivity index (χ1v) is 9.80. The normalized spacial score (nSPS) is 10.8. The summed E-state index contributed by atoms with van der Waals surface area (Å²) in [6, 6.07) is 17.3. The third-order valence-electron chi connectivity index (χ3n) is 5.40. The van der Waals surface area contributed by atoms with Crippen LogP contribution >= 0.6 is 0 Å². The molecule has 0 amide bonds. The fraction of sp³-hybridized carbons (Fsp3) is 0.200. The average Bonchev–Trinajstić information content (AvgIpc) is 3.35. The minimum absolute atomic E-state index is 0. The van der Waals surface area contributed by atoms with Crippen LogP contribution < -0.4 is 0 Å². The van der Waals surface area contributed by atoms with Gasteiger partial charge in [0.2, 0.25) is 5.82 Å². The predicted octanol–water partition coefficient (Wildman–Crippen LogP) is 5.02. The maximum absolute atomic E-state index is 9.48. The zero-order valence-corrected chi connectivity index (χ0v) is 19.7. The first-order chi connectivity index (χ1) is 14.9. The molecule has 0 saturated heterocycles. The van der Waals surface area contributed by atoms with Crippen molar-refractivity contribution >= 4 is 5.82 Å². The number of aryl methyl sites for hydroxylation is 2. The molecule has 0 spiro atoms. The van der Waals surface area contributed by atoms with Gasteiger partial charge in [-0.25, -0.2) is 5.26 Å². The Hall–Kier alpha value is -3.50. The molecule has 0 N–H and O–H groups in total. The fourth-order valence-corrected chi connectivity index (χ4v) is 3.49. The van der Waals surface area contributed by atoms with E-state index in [9.17, 15) is 5.26 Å². The summed E-state index contributed by atoms with van der Waals surface area (Å²) >= 11 is 0. The Balaban J connectivity index is 0.00000289. The van der Waals surface area contributed by atoms with E-state index in [1.807, 2.05) is 50.2 Å². The summed E-state index contributed by atoms with van der Waals surface area (Å²) in [6.45, 7) is 15.3. The second-order valence-corrected chi connectivity index (χ2v) is 7.87. The molecule has 0 bridgehead atoms. The molecule has 4 aromatic rings. The van der Waals surface area contributed by atoms with Gasteiger partial charge in [-0.05, 0) is 32.0 Å². The SMILES string of the molecule is [C-]#[N+]c1c(C)c[c-]n1-c1cccc(C(C)(C)c2cccc(-n3[c-]cc(C)c3C#N)n2)n1.[Pd+2]. The van der Waals surface area contributed by atoms with Crippen molar-refractivity contribution in [3.63, 3.8) is 0 Å². The van der Waals surface area contributed by atoms with Gasteiger partial charge in [-0.15, -0.1) is 17.7 Å². The van der Waals surface area contributed by atoms with Crippen molar-refractivity contribution in [2.75, 3.05) is 0 Å². The minimum Gasteiger partial charge on any atom is -0.420 e. The molecule has 7 heteroatoms. The summed E-state index contributed by atoms with van der Waals surface area (Å²) in [7, 11) is 0. The number of pyridine rings is 2. The molecular formula is C25H20N6Pd. The topological polar surface area (TPSA) is 63.8 Å². The number of rotatable bonds is 4. The van der Waals surface area contributed by atoms with E-state index in [-0.39, 0.29) is 20.4 Å². The molecule has 0 aliphatic heterocycles. The Bertz CT molecular complexity index is 1260. The van der Waals surface area contributed by atoms with Crippen molar-refractivity contribution < 1.29 is 20.4 Å². The minimum atomic E-state index is -0.512. The van der Waals surface area contributed by atoms with E-state index in [0.717, 1.165) is 22.5 Å². The maximum Gasteiger partial charge on any atom is 2.00 e. The molecule has 0 aliphatic rings. The van der Waals surface area contributed by atoms with E-state index in [4.69, 9.17) is 16.5 Å². The van der Waals surface area contributed by atoms with Crippen LogP contribution in [0.5, 0.6) is 0 Å². The van der Waals surface area contributed by atoms with Crippen LogP contribution in [-0.2, 0) is 25.8 Å². The monoisotopic (exact) mass is 510 g/mol. The molecule has 4 aromatic heterocycles. The van der Waals surface area contributed by atoms with Crippen LogP contribution in [0.1, 0.15) is 42.1 Å². The summed E-state index contributed by atoms with van der Waals surface area (Å²) in [4.78, 5) is 13.3. The number of hydrogen-bond acceptors (Lipinski definition) is 3. The maximum atomic E-state index is 9.48. The van der Waals surface area contributed by atoms with Gasteiger partial charge in [0.25, 0.3) is 0 Å². The Kier molecular flexibility index (Phi) is 6.47. The second-order valence-electron chi connectivity index (χ2n) is 7.87. The van der Waals surface area contributed by atoms with E-state index >= 15 is 0 Å². The van der Waals surface area contributed by atoms with Crippen LogP contribution in [0.25, 0.3) is 16.5 Å². The Morgan fingerprint density at radius 3 is 2.03 bits per heavy atom. The van der Waals surface area contributed by atoms with Crippen molar-refractivity contribution in [2.24, 2.45) is 0 Å². The van der Waals surface area contributed by atoms with Gasteiger partial charge >= 0.3 is 20.4 Å². The summed E-state index contributed by atoms with van der Waals surface area (Å²) in [5.74, 6) is 1.78. The predicted molar refractivity (Wildman–Crippen MR) is 117 cm³/mol. The zero-order valence-electron chi connectivity index (χ0n) is 18.1. The number of aromatic nitrogens is 4. The number of hydrogen-bond donors (Lipinski definition) is 0. The van der Waals surface area contributed by atoms with Crippen LogP contribution in [0.4, 0.5) is 5.82 Å². The van der Waals surface area contributed by atoms with Crippen LogP contribution in [-0.4, -0.2) is 19.1 Å². The third kappa shape index (κ3) is 3.90. The standard InChI is InChI=1S/C25H20N6.Pd/c1-17-12-14-30(19(17)16-26)22-10-6-8-20(28-22)25(3,4)21-9-7-11-23(29-21)31-15-13-18(2)24(31)27-5;/h6-13H,1-4H3;/q-2;+2. The summed E-state index contributed by atoms with van der Waals surface area (Å²) < 4.78 is 3.36. The number of nitriles is 1. The van der Waals surface area contributed by atoms with E-state index in [1.54, 1.807) is 21.3 Å². The molecule has 0 aliphatic carbocycles. The smallest absolute Gasteiger partial charge is 0.420 e. The van der Waals surface area contributed by atoms with Crippen molar-refractivity contribution in [3.8, 4) is 17.7 Å². The van der Waals surface area contributed by atoms with Gasteiger partial charge in [-0.2, -0.15) is 0 Å². The second kappa shape index (κ2) is 8.93. The van der Waals surface area contributed by atoms with Gasteiger partial charge < -0.3 is 9.41 Å². The molecule has 4 rings (SSSR count). The molecule has 0 aromatic carbocycles. The Morgan fingerprint density at radius 1 is 0.938 bits per heavy atom. The van der Waals surface area contributed by atoms with E-state index < -0.39 is 5.41 Å². The first-order valence-electron chi connectivity index (χ1n) is 9.80. The van der Waals surface area contributed by atoms with Gasteiger partial charge in [0.1, 0.15) is 5.82 Å². The molecular weight excluding hydrogens is 491 g/mol. The Labute approximate surface area is 201 Å². The molecule has 0 unspecified atom stereocenters. The summed E-state index contributed by atoms with van der Waals surface area (Å²) in [5.41, 5.74) is 3.36. The van der Waals surface area contributed by atoms with E-state index in [0.29, 0.717) is 23.1 Å². The van der Waals surface area contributed by atoms with Crippen molar-refractivity contribution in [2.45, 2.75) is 33.1 Å². The first kappa shape index (κ1) is 23.2. The van der Waals surface area contributed by atoms with Crippen LogP contribution in [0.2, 0.25) is 0 Å². The summed E-state index contributed by atoms with van der Waals surface area (Å²) in [6.07, 6.45) is 6.18. The molecule has 0 radical (unpaired) electrons. The van der Waals surface area contributed by atoms with Crippen LogP contribution in [0.15, 0.2) is 48.5 Å². The quantitative estimate of drug-likeness (QED) is 0.286. The van der Waals surface area contributed by atoms with Gasteiger partial charge in [0.05, 0.1) is 11.9 Å². The van der Waals surface area contributed by atoms with Crippen molar-refractivity contribution in [3.05, 3.63) is 101 Å².